The van der Waals surface area contributed by atoms with E-state index in [0.717, 1.165) is 19.5 Å². The molecule has 0 aromatic heterocycles. The Balaban J connectivity index is 2.05. The number of nitrogens with zero attached hydrogens (tertiary/aromatic N) is 2. The van der Waals surface area contributed by atoms with Gasteiger partial charge in [0.2, 0.25) is 0 Å². The van der Waals surface area contributed by atoms with E-state index >= 15 is 0 Å². The van der Waals surface area contributed by atoms with Crippen molar-refractivity contribution in [3.05, 3.63) is 35.9 Å². The average molecular weight is 260 g/mol. The van der Waals surface area contributed by atoms with Gasteiger partial charge in [0.15, 0.2) is 0 Å². The van der Waals surface area contributed by atoms with Crippen LogP contribution in [0.5, 0.6) is 0 Å². The first kappa shape index (κ1) is 13.9. The molecular weight excluding hydrogens is 236 g/mol. The van der Waals surface area contributed by atoms with Crippen LogP contribution in [0, 0.1) is 0 Å². The van der Waals surface area contributed by atoms with Gasteiger partial charge in [-0.1, -0.05) is 30.3 Å². The smallest absolute Gasteiger partial charge is 0.320 e. The largest absolute Gasteiger partial charge is 0.320 e. The van der Waals surface area contributed by atoms with E-state index in [1.165, 1.54) is 5.56 Å². The quantitative estimate of drug-likeness (QED) is 0.815. The fourth-order valence-corrected chi connectivity index (χ4v) is 2.67. The van der Waals surface area contributed by atoms with Crippen molar-refractivity contribution in [3.8, 4) is 0 Å². The van der Waals surface area contributed by atoms with Crippen LogP contribution in [0.15, 0.2) is 30.3 Å². The van der Waals surface area contributed by atoms with Crippen LogP contribution in [-0.4, -0.2) is 40.5 Å². The Morgan fingerprint density at radius 2 is 1.84 bits per heavy atom. The molecule has 104 valence electrons. The zero-order chi connectivity index (χ0) is 14.0. The zero-order valence-corrected chi connectivity index (χ0v) is 12.4. The highest BCUT2D eigenvalue weighted by Gasteiger charge is 2.43. The van der Waals surface area contributed by atoms with Crippen molar-refractivity contribution < 1.29 is 4.79 Å². The molecule has 1 saturated heterocycles. The van der Waals surface area contributed by atoms with E-state index in [1.807, 2.05) is 28.0 Å². The maximum atomic E-state index is 12.4. The van der Waals surface area contributed by atoms with E-state index in [2.05, 4.69) is 39.8 Å². The van der Waals surface area contributed by atoms with Gasteiger partial charge in [-0.3, -0.25) is 0 Å². The summed E-state index contributed by atoms with van der Waals surface area (Å²) in [5, 5.41) is 0. The molecule has 0 radical (unpaired) electrons. The summed E-state index contributed by atoms with van der Waals surface area (Å²) in [6.45, 7) is 10.1. The minimum absolute atomic E-state index is 0.0733. The van der Waals surface area contributed by atoms with Gasteiger partial charge >= 0.3 is 6.03 Å². The van der Waals surface area contributed by atoms with Crippen LogP contribution in [0.1, 0.15) is 33.3 Å². The Labute approximate surface area is 116 Å². The lowest BCUT2D eigenvalue weighted by molar-refractivity contribution is 0.169. The van der Waals surface area contributed by atoms with Gasteiger partial charge in [0.25, 0.3) is 0 Å². The molecule has 1 aliphatic rings. The van der Waals surface area contributed by atoms with Gasteiger partial charge < -0.3 is 9.80 Å². The van der Waals surface area contributed by atoms with Crippen LogP contribution in [0.4, 0.5) is 4.79 Å². The number of rotatable bonds is 4. The van der Waals surface area contributed by atoms with Crippen LogP contribution in [0.2, 0.25) is 0 Å². The Hall–Kier alpha value is -1.51. The molecule has 2 rings (SSSR count). The van der Waals surface area contributed by atoms with E-state index in [4.69, 9.17) is 0 Å². The molecule has 19 heavy (non-hydrogen) atoms. The first-order valence-corrected chi connectivity index (χ1v) is 7.04. The number of carbonyl (C=O) groups excluding carboxylic acids is 1. The Bertz CT molecular complexity index is 439. The maximum absolute atomic E-state index is 12.4. The molecule has 1 fully saturated rings. The lowest BCUT2D eigenvalue weighted by Gasteiger charge is -2.29. The van der Waals surface area contributed by atoms with Gasteiger partial charge in [0.05, 0.1) is 5.54 Å². The van der Waals surface area contributed by atoms with Crippen LogP contribution in [-0.2, 0) is 6.42 Å². The number of benzene rings is 1. The Morgan fingerprint density at radius 3 is 2.37 bits per heavy atom. The second-order valence-corrected chi connectivity index (χ2v) is 6.20. The third kappa shape index (κ3) is 2.91. The molecule has 1 aromatic carbocycles. The normalized spacial score (nSPS) is 18.5. The highest BCUT2D eigenvalue weighted by atomic mass is 16.2. The molecule has 0 atom stereocenters. The molecule has 1 aliphatic heterocycles. The van der Waals surface area contributed by atoms with Crippen molar-refractivity contribution in [2.24, 2.45) is 0 Å². The topological polar surface area (TPSA) is 23.6 Å². The van der Waals surface area contributed by atoms with Crippen LogP contribution < -0.4 is 0 Å². The summed E-state index contributed by atoms with van der Waals surface area (Å²) in [7, 11) is 0. The summed E-state index contributed by atoms with van der Waals surface area (Å²) < 4.78 is 0. The molecular formula is C16H24N2O. The standard InChI is InChI=1S/C16H24N2O/c1-13(2)17-12-16(3,4)18(15(17)19)11-10-14-8-6-5-7-9-14/h5-9,13H,10-12H2,1-4H3. The third-order valence-corrected chi connectivity index (χ3v) is 3.85. The molecule has 0 bridgehead atoms. The molecule has 0 spiro atoms. The predicted octanol–water partition coefficient (Wildman–Crippen LogP) is 3.15. The Kier molecular flexibility index (Phi) is 3.83. The molecule has 1 aromatic rings. The van der Waals surface area contributed by atoms with Crippen LogP contribution in [0.25, 0.3) is 0 Å². The average Bonchev–Trinajstić information content (AvgIpc) is 2.59. The first-order chi connectivity index (χ1) is 8.92. The molecule has 2 amide bonds. The first-order valence-electron chi connectivity index (χ1n) is 7.04. The minimum Gasteiger partial charge on any atom is -0.320 e. The van der Waals surface area contributed by atoms with Gasteiger partial charge in [0, 0.05) is 19.1 Å². The summed E-state index contributed by atoms with van der Waals surface area (Å²) in [6, 6.07) is 10.8. The molecule has 0 saturated carbocycles. The number of hydrogen-bond donors (Lipinski definition) is 0. The highest BCUT2D eigenvalue weighted by Crippen LogP contribution is 2.27. The summed E-state index contributed by atoms with van der Waals surface area (Å²) in [4.78, 5) is 16.4. The van der Waals surface area contributed by atoms with Gasteiger partial charge in [0.1, 0.15) is 0 Å². The van der Waals surface area contributed by atoms with Gasteiger partial charge in [-0.15, -0.1) is 0 Å². The summed E-state index contributed by atoms with van der Waals surface area (Å²) in [6.07, 6.45) is 0.919. The molecule has 0 N–H and O–H groups in total. The third-order valence-electron chi connectivity index (χ3n) is 3.85. The lowest BCUT2D eigenvalue weighted by Crippen LogP contribution is -2.43. The van der Waals surface area contributed by atoms with Crippen molar-refractivity contribution in [3.63, 3.8) is 0 Å². The second kappa shape index (κ2) is 5.24. The van der Waals surface area contributed by atoms with E-state index in [1.54, 1.807) is 0 Å². The minimum atomic E-state index is -0.0733. The van der Waals surface area contributed by atoms with Crippen molar-refractivity contribution in [2.45, 2.75) is 45.7 Å². The number of urea groups is 1. The van der Waals surface area contributed by atoms with Crippen molar-refractivity contribution in [2.75, 3.05) is 13.1 Å². The molecule has 0 unspecified atom stereocenters. The summed E-state index contributed by atoms with van der Waals surface area (Å²) >= 11 is 0. The van der Waals surface area contributed by atoms with Crippen molar-refractivity contribution in [1.29, 1.82) is 0 Å². The van der Waals surface area contributed by atoms with Gasteiger partial charge in [-0.25, -0.2) is 4.79 Å². The second-order valence-electron chi connectivity index (χ2n) is 6.20. The molecule has 3 heteroatoms. The molecule has 3 nitrogen and oxygen atoms in total. The van der Waals surface area contributed by atoms with Crippen LogP contribution >= 0.6 is 0 Å². The Morgan fingerprint density at radius 1 is 1.21 bits per heavy atom. The zero-order valence-electron chi connectivity index (χ0n) is 12.4. The van der Waals surface area contributed by atoms with E-state index < -0.39 is 0 Å². The monoisotopic (exact) mass is 260 g/mol. The van der Waals surface area contributed by atoms with E-state index in [-0.39, 0.29) is 17.6 Å². The molecule has 1 heterocycles. The fourth-order valence-electron chi connectivity index (χ4n) is 2.67. The number of amides is 2. The summed E-state index contributed by atoms with van der Waals surface area (Å²) in [5.41, 5.74) is 1.21. The SMILES string of the molecule is CC(C)N1CC(C)(C)N(CCc2ccccc2)C1=O. The summed E-state index contributed by atoms with van der Waals surface area (Å²) in [5.74, 6) is 0. The number of hydrogen-bond acceptors (Lipinski definition) is 1. The van der Waals surface area contributed by atoms with Gasteiger partial charge in [-0.05, 0) is 39.7 Å². The fraction of sp³-hybridized carbons (Fsp3) is 0.562. The predicted molar refractivity (Wildman–Crippen MR) is 78.2 cm³/mol. The maximum Gasteiger partial charge on any atom is 0.320 e. The number of carbonyl (C=O) groups is 1. The van der Waals surface area contributed by atoms with E-state index in [9.17, 15) is 4.79 Å². The molecule has 0 aliphatic carbocycles. The lowest BCUT2D eigenvalue weighted by atomic mass is 10.0. The van der Waals surface area contributed by atoms with Gasteiger partial charge in [-0.2, -0.15) is 0 Å². The van der Waals surface area contributed by atoms with Crippen LogP contribution in [0.3, 0.4) is 0 Å². The van der Waals surface area contributed by atoms with E-state index in [0.29, 0.717) is 0 Å². The van der Waals surface area contributed by atoms with Crippen molar-refractivity contribution in [1.82, 2.24) is 9.80 Å². The van der Waals surface area contributed by atoms with Crippen molar-refractivity contribution >= 4 is 6.03 Å². The highest BCUT2D eigenvalue weighted by molar-refractivity contribution is 5.78.